The van der Waals surface area contributed by atoms with Crippen LogP contribution in [0.4, 0.5) is 0 Å². The molecule has 0 radical (unpaired) electrons. The Balaban J connectivity index is 2.80. The van der Waals surface area contributed by atoms with E-state index in [-0.39, 0.29) is 0 Å². The van der Waals surface area contributed by atoms with Gasteiger partial charge in [0.25, 0.3) is 0 Å². The van der Waals surface area contributed by atoms with Crippen molar-refractivity contribution >= 4 is 6.21 Å². The van der Waals surface area contributed by atoms with Crippen LogP contribution in [0.2, 0.25) is 0 Å². The van der Waals surface area contributed by atoms with Crippen LogP contribution in [0.5, 0.6) is 0 Å². The molecule has 0 fully saturated rings. The average molecular weight is 125 g/mol. The Morgan fingerprint density at radius 1 is 1.78 bits per heavy atom. The monoisotopic (exact) mass is 125 g/mol. The molecule has 1 rings (SSSR count). The Bertz CT molecular complexity index is 197. The van der Waals surface area contributed by atoms with Crippen LogP contribution in [0, 0.1) is 5.21 Å². The molecule has 9 heavy (non-hydrogen) atoms. The van der Waals surface area contributed by atoms with Gasteiger partial charge in [-0.2, -0.15) is 0 Å². The average Bonchev–Trinajstić information content (AvgIpc) is 2.15. The van der Waals surface area contributed by atoms with Crippen molar-refractivity contribution in [1.82, 2.24) is 0 Å². The fraction of sp³-hybridized carbons (Fsp3) is 0.167. The summed E-state index contributed by atoms with van der Waals surface area (Å²) >= 11 is 0. The lowest BCUT2D eigenvalue weighted by Crippen LogP contribution is -1.95. The van der Waals surface area contributed by atoms with E-state index in [0.29, 0.717) is 10.5 Å². The van der Waals surface area contributed by atoms with E-state index in [1.54, 1.807) is 12.1 Å². The Hall–Kier alpha value is -1.25. The highest BCUT2D eigenvalue weighted by Gasteiger charge is 1.90. The molecule has 1 aromatic heterocycles. The summed E-state index contributed by atoms with van der Waals surface area (Å²) in [6, 6.07) is 3.45. The van der Waals surface area contributed by atoms with Gasteiger partial charge < -0.3 is 9.62 Å². The number of hydroxylamine groups is 1. The zero-order valence-corrected chi connectivity index (χ0v) is 5.07. The Morgan fingerprint density at radius 3 is 3.00 bits per heavy atom. The van der Waals surface area contributed by atoms with Crippen LogP contribution >= 0.6 is 0 Å². The van der Waals surface area contributed by atoms with Crippen molar-refractivity contribution in [1.29, 1.82) is 0 Å². The van der Waals surface area contributed by atoms with E-state index in [2.05, 4.69) is 0 Å². The van der Waals surface area contributed by atoms with E-state index < -0.39 is 0 Å². The summed E-state index contributed by atoms with van der Waals surface area (Å²) in [5.41, 5.74) is 0. The third kappa shape index (κ3) is 1.60. The van der Waals surface area contributed by atoms with E-state index in [9.17, 15) is 5.21 Å². The Kier molecular flexibility index (Phi) is 1.53. The largest absolute Gasteiger partial charge is 0.624 e. The highest BCUT2D eigenvalue weighted by Crippen LogP contribution is 1.93. The molecule has 0 spiro atoms. The minimum atomic E-state index is 0.576. The molecule has 0 bridgehead atoms. The lowest BCUT2D eigenvalue weighted by Gasteiger charge is -1.90. The second-order valence-electron chi connectivity index (χ2n) is 1.69. The van der Waals surface area contributed by atoms with Crippen molar-refractivity contribution in [2.24, 2.45) is 0 Å². The lowest BCUT2D eigenvalue weighted by atomic mass is 10.5. The molecule has 48 valence electrons. The summed E-state index contributed by atoms with van der Waals surface area (Å²) in [5.74, 6) is 0.576. The lowest BCUT2D eigenvalue weighted by molar-refractivity contribution is -0.417. The van der Waals surface area contributed by atoms with Gasteiger partial charge in [0.05, 0.1) is 6.26 Å². The first-order valence-corrected chi connectivity index (χ1v) is 2.57. The highest BCUT2D eigenvalue weighted by molar-refractivity contribution is 5.71. The highest BCUT2D eigenvalue weighted by atomic mass is 16.5. The second-order valence-corrected chi connectivity index (χ2v) is 1.69. The van der Waals surface area contributed by atoms with Gasteiger partial charge >= 0.3 is 0 Å². The topological polar surface area (TPSA) is 39.2 Å². The van der Waals surface area contributed by atoms with E-state index in [1.807, 2.05) is 0 Å². The SMILES string of the molecule is C/[N+]([O-])=C/c1ccco1. The molecule has 0 atom stereocenters. The van der Waals surface area contributed by atoms with Gasteiger partial charge in [-0.15, -0.1) is 0 Å². The molecule has 3 heteroatoms. The predicted molar refractivity (Wildman–Crippen MR) is 33.4 cm³/mol. The summed E-state index contributed by atoms with van der Waals surface area (Å²) in [7, 11) is 1.41. The molecule has 0 amide bonds. The molecule has 0 unspecified atom stereocenters. The molecule has 1 aromatic rings. The van der Waals surface area contributed by atoms with Crippen molar-refractivity contribution in [3.05, 3.63) is 29.4 Å². The van der Waals surface area contributed by atoms with Crippen LogP contribution in [0.25, 0.3) is 0 Å². The Labute approximate surface area is 52.8 Å². The van der Waals surface area contributed by atoms with E-state index >= 15 is 0 Å². The van der Waals surface area contributed by atoms with Gasteiger partial charge in [0.1, 0.15) is 7.05 Å². The number of hydrogen-bond acceptors (Lipinski definition) is 2. The predicted octanol–water partition coefficient (Wildman–Crippen LogP) is 0.839. The normalized spacial score (nSPS) is 11.9. The summed E-state index contributed by atoms with van der Waals surface area (Å²) in [6.07, 6.45) is 2.88. The summed E-state index contributed by atoms with van der Waals surface area (Å²) in [6.45, 7) is 0. The molecule has 0 aliphatic rings. The van der Waals surface area contributed by atoms with E-state index in [0.717, 1.165) is 0 Å². The molecule has 1 heterocycles. The molecule has 0 saturated carbocycles. The minimum Gasteiger partial charge on any atom is -0.624 e. The first-order valence-electron chi connectivity index (χ1n) is 2.57. The van der Waals surface area contributed by atoms with Gasteiger partial charge in [-0.3, -0.25) is 0 Å². The van der Waals surface area contributed by atoms with Crippen LogP contribution in [0.1, 0.15) is 5.76 Å². The standard InChI is InChI=1S/C6H7NO2/c1-7(8)5-6-3-2-4-9-6/h2-5H,1H3/b7-5-. The summed E-state index contributed by atoms with van der Waals surface area (Å²) in [4.78, 5) is 0. The van der Waals surface area contributed by atoms with Gasteiger partial charge in [0.2, 0.25) is 6.21 Å². The van der Waals surface area contributed by atoms with Crippen molar-refractivity contribution in [3.8, 4) is 0 Å². The number of nitrogens with zero attached hydrogens (tertiary/aromatic N) is 1. The Morgan fingerprint density at radius 2 is 2.56 bits per heavy atom. The molecule has 3 nitrogen and oxygen atoms in total. The minimum absolute atomic E-state index is 0.576. The van der Waals surface area contributed by atoms with Gasteiger partial charge in [0, 0.05) is 0 Å². The van der Waals surface area contributed by atoms with Gasteiger partial charge in [-0.25, -0.2) is 4.74 Å². The van der Waals surface area contributed by atoms with Crippen molar-refractivity contribution in [2.75, 3.05) is 7.05 Å². The molecule has 0 aliphatic carbocycles. The van der Waals surface area contributed by atoms with Crippen LogP contribution in [0.15, 0.2) is 22.8 Å². The zero-order chi connectivity index (χ0) is 6.69. The molecule has 0 N–H and O–H groups in total. The fourth-order valence-electron chi connectivity index (χ4n) is 0.544. The third-order valence-corrected chi connectivity index (χ3v) is 0.852. The van der Waals surface area contributed by atoms with Crippen molar-refractivity contribution in [3.63, 3.8) is 0 Å². The smallest absolute Gasteiger partial charge is 0.217 e. The van der Waals surface area contributed by atoms with E-state index in [4.69, 9.17) is 4.42 Å². The summed E-state index contributed by atoms with van der Waals surface area (Å²) < 4.78 is 5.54. The molecular weight excluding hydrogens is 118 g/mol. The fourth-order valence-corrected chi connectivity index (χ4v) is 0.544. The van der Waals surface area contributed by atoms with Crippen LogP contribution in [0.3, 0.4) is 0 Å². The quantitative estimate of drug-likeness (QED) is 0.241. The van der Waals surface area contributed by atoms with Crippen molar-refractivity contribution < 1.29 is 9.16 Å². The van der Waals surface area contributed by atoms with Crippen LogP contribution in [-0.4, -0.2) is 18.0 Å². The first-order chi connectivity index (χ1) is 4.29. The number of hydrogen-bond donors (Lipinski definition) is 0. The molecule has 0 aromatic carbocycles. The first kappa shape index (κ1) is 5.88. The van der Waals surface area contributed by atoms with Crippen LogP contribution < -0.4 is 0 Å². The maximum absolute atomic E-state index is 10.3. The number of rotatable bonds is 1. The zero-order valence-electron chi connectivity index (χ0n) is 5.07. The van der Waals surface area contributed by atoms with Crippen LogP contribution in [-0.2, 0) is 0 Å². The number of furan rings is 1. The van der Waals surface area contributed by atoms with Gasteiger partial charge in [-0.1, -0.05) is 0 Å². The molecular formula is C6H7NO2. The maximum Gasteiger partial charge on any atom is 0.217 e. The van der Waals surface area contributed by atoms with Gasteiger partial charge in [0.15, 0.2) is 5.76 Å². The van der Waals surface area contributed by atoms with Gasteiger partial charge in [-0.05, 0) is 12.1 Å². The molecule has 0 saturated heterocycles. The van der Waals surface area contributed by atoms with Crippen molar-refractivity contribution in [2.45, 2.75) is 0 Å². The van der Waals surface area contributed by atoms with E-state index in [1.165, 1.54) is 19.5 Å². The third-order valence-electron chi connectivity index (χ3n) is 0.852. The summed E-state index contributed by atoms with van der Waals surface area (Å²) in [5, 5.41) is 10.3. The maximum atomic E-state index is 10.3. The second kappa shape index (κ2) is 2.35. The molecule has 0 aliphatic heterocycles.